The number of benzene rings is 2. The van der Waals surface area contributed by atoms with Crippen molar-refractivity contribution in [2.75, 3.05) is 13.2 Å². The molecule has 0 fully saturated rings. The Balaban J connectivity index is 2.28. The molecular weight excluding hydrogens is 356 g/mol. The Labute approximate surface area is 163 Å². The molecule has 0 atom stereocenters. The van der Waals surface area contributed by atoms with Crippen LogP contribution in [-0.4, -0.2) is 35.1 Å². The first-order valence-corrected chi connectivity index (χ1v) is 9.02. The zero-order valence-electron chi connectivity index (χ0n) is 15.7. The minimum absolute atomic E-state index is 0.0555. The Morgan fingerprint density at radius 3 is 1.36 bits per heavy atom. The van der Waals surface area contributed by atoms with Crippen LogP contribution in [0.3, 0.4) is 0 Å². The van der Waals surface area contributed by atoms with Crippen molar-refractivity contribution in [3.63, 3.8) is 0 Å². The molecule has 6 nitrogen and oxygen atoms in total. The summed E-state index contributed by atoms with van der Waals surface area (Å²) in [4.78, 5) is 34.2. The molecule has 3 rings (SSSR count). The maximum atomic E-state index is 12.6. The van der Waals surface area contributed by atoms with Gasteiger partial charge in [-0.2, -0.15) is 0 Å². The first-order valence-electron chi connectivity index (χ1n) is 9.02. The highest BCUT2D eigenvalue weighted by molar-refractivity contribution is 5.99. The molecule has 0 aliphatic rings. The SMILES string of the molecule is CCOC(=O)c1nc(-c2ccccc2)c(C(=O)OCC)nc1-c1ccccc1. The van der Waals surface area contributed by atoms with Crippen molar-refractivity contribution in [1.29, 1.82) is 0 Å². The van der Waals surface area contributed by atoms with Crippen molar-refractivity contribution in [1.82, 2.24) is 9.97 Å². The summed E-state index contributed by atoms with van der Waals surface area (Å²) < 4.78 is 10.3. The van der Waals surface area contributed by atoms with Crippen LogP contribution in [0.4, 0.5) is 0 Å². The standard InChI is InChI=1S/C22H20N2O4/c1-3-27-21(25)19-17(15-11-7-5-8-12-15)24-20(22(26)28-4-2)18(23-19)16-13-9-6-10-14-16/h5-14H,3-4H2,1-2H3. The average Bonchev–Trinajstić information content (AvgIpc) is 2.74. The molecule has 0 aliphatic carbocycles. The predicted molar refractivity (Wildman–Crippen MR) is 105 cm³/mol. The molecule has 0 radical (unpaired) electrons. The van der Waals surface area contributed by atoms with E-state index in [0.29, 0.717) is 11.1 Å². The van der Waals surface area contributed by atoms with Crippen LogP contribution in [0.2, 0.25) is 0 Å². The maximum Gasteiger partial charge on any atom is 0.359 e. The molecule has 2 aromatic carbocycles. The topological polar surface area (TPSA) is 78.4 Å². The van der Waals surface area contributed by atoms with Crippen LogP contribution in [0.1, 0.15) is 34.8 Å². The van der Waals surface area contributed by atoms with E-state index in [-0.39, 0.29) is 36.0 Å². The van der Waals surface area contributed by atoms with Gasteiger partial charge in [-0.05, 0) is 13.8 Å². The smallest absolute Gasteiger partial charge is 0.359 e. The summed E-state index contributed by atoms with van der Waals surface area (Å²) in [6.07, 6.45) is 0. The van der Waals surface area contributed by atoms with Gasteiger partial charge in [0.2, 0.25) is 0 Å². The van der Waals surface area contributed by atoms with Gasteiger partial charge in [0.1, 0.15) is 11.4 Å². The normalized spacial score (nSPS) is 10.4. The number of rotatable bonds is 6. The van der Waals surface area contributed by atoms with E-state index in [4.69, 9.17) is 9.47 Å². The van der Waals surface area contributed by atoms with Crippen LogP contribution in [0, 0.1) is 0 Å². The molecule has 28 heavy (non-hydrogen) atoms. The molecule has 0 N–H and O–H groups in total. The number of carbonyl (C=O) groups is 2. The van der Waals surface area contributed by atoms with E-state index in [1.807, 2.05) is 36.4 Å². The lowest BCUT2D eigenvalue weighted by atomic mass is 10.1. The zero-order valence-corrected chi connectivity index (χ0v) is 15.7. The number of carbonyl (C=O) groups excluding carboxylic acids is 2. The Morgan fingerprint density at radius 1 is 0.679 bits per heavy atom. The van der Waals surface area contributed by atoms with Crippen molar-refractivity contribution in [3.8, 4) is 22.5 Å². The second kappa shape index (κ2) is 8.90. The number of hydrogen-bond donors (Lipinski definition) is 0. The average molecular weight is 376 g/mol. The van der Waals surface area contributed by atoms with Crippen molar-refractivity contribution >= 4 is 11.9 Å². The fraction of sp³-hybridized carbons (Fsp3) is 0.182. The van der Waals surface area contributed by atoms with E-state index in [2.05, 4.69) is 9.97 Å². The highest BCUT2D eigenvalue weighted by Crippen LogP contribution is 2.28. The Kier molecular flexibility index (Phi) is 6.11. The van der Waals surface area contributed by atoms with Gasteiger partial charge >= 0.3 is 11.9 Å². The summed E-state index contributed by atoms with van der Waals surface area (Å²) >= 11 is 0. The van der Waals surface area contributed by atoms with E-state index in [0.717, 1.165) is 0 Å². The largest absolute Gasteiger partial charge is 0.461 e. The molecular formula is C22H20N2O4. The number of hydrogen-bond acceptors (Lipinski definition) is 6. The molecule has 6 heteroatoms. The minimum Gasteiger partial charge on any atom is -0.461 e. The third kappa shape index (κ3) is 4.06. The van der Waals surface area contributed by atoms with E-state index in [9.17, 15) is 9.59 Å². The lowest BCUT2D eigenvalue weighted by Crippen LogP contribution is -2.17. The maximum absolute atomic E-state index is 12.6. The summed E-state index contributed by atoms with van der Waals surface area (Å²) in [7, 11) is 0. The Hall–Kier alpha value is -3.54. The lowest BCUT2D eigenvalue weighted by molar-refractivity contribution is 0.0502. The molecule has 142 valence electrons. The van der Waals surface area contributed by atoms with Gasteiger partial charge in [-0.15, -0.1) is 0 Å². The Morgan fingerprint density at radius 2 is 1.04 bits per heavy atom. The second-order valence-electron chi connectivity index (χ2n) is 5.79. The van der Waals surface area contributed by atoms with E-state index >= 15 is 0 Å². The van der Waals surface area contributed by atoms with Crippen LogP contribution in [0.15, 0.2) is 60.7 Å². The first-order chi connectivity index (χ1) is 13.7. The van der Waals surface area contributed by atoms with Crippen molar-refractivity contribution in [2.45, 2.75) is 13.8 Å². The van der Waals surface area contributed by atoms with Crippen LogP contribution >= 0.6 is 0 Å². The number of ether oxygens (including phenoxy) is 2. The number of nitrogens with zero attached hydrogens (tertiary/aromatic N) is 2. The van der Waals surface area contributed by atoms with Crippen molar-refractivity contribution in [2.24, 2.45) is 0 Å². The predicted octanol–water partition coefficient (Wildman–Crippen LogP) is 4.16. The van der Waals surface area contributed by atoms with E-state index in [1.54, 1.807) is 38.1 Å². The van der Waals surface area contributed by atoms with Gasteiger partial charge < -0.3 is 9.47 Å². The minimum atomic E-state index is -0.596. The van der Waals surface area contributed by atoms with Crippen LogP contribution < -0.4 is 0 Å². The molecule has 0 spiro atoms. The first kappa shape index (κ1) is 19.2. The van der Waals surface area contributed by atoms with Crippen molar-refractivity contribution < 1.29 is 19.1 Å². The quantitative estimate of drug-likeness (QED) is 0.601. The molecule has 0 saturated carbocycles. The van der Waals surface area contributed by atoms with Gasteiger partial charge in [-0.25, -0.2) is 19.6 Å². The molecule has 0 aliphatic heterocycles. The molecule has 0 amide bonds. The van der Waals surface area contributed by atoms with Gasteiger partial charge in [-0.1, -0.05) is 60.7 Å². The van der Waals surface area contributed by atoms with Crippen LogP contribution in [0.5, 0.6) is 0 Å². The van der Waals surface area contributed by atoms with Gasteiger partial charge in [0, 0.05) is 11.1 Å². The highest BCUT2D eigenvalue weighted by atomic mass is 16.5. The number of aromatic nitrogens is 2. The van der Waals surface area contributed by atoms with Crippen LogP contribution in [-0.2, 0) is 9.47 Å². The third-order valence-electron chi connectivity index (χ3n) is 3.93. The van der Waals surface area contributed by atoms with Gasteiger partial charge in [-0.3, -0.25) is 0 Å². The molecule has 0 bridgehead atoms. The monoisotopic (exact) mass is 376 g/mol. The molecule has 0 unspecified atom stereocenters. The molecule has 1 heterocycles. The second-order valence-corrected chi connectivity index (χ2v) is 5.79. The summed E-state index contributed by atoms with van der Waals surface area (Å²) in [5.74, 6) is -1.19. The van der Waals surface area contributed by atoms with Gasteiger partial charge in [0.15, 0.2) is 11.4 Å². The third-order valence-corrected chi connectivity index (χ3v) is 3.93. The summed E-state index contributed by atoms with van der Waals surface area (Å²) in [5.41, 5.74) is 1.98. The van der Waals surface area contributed by atoms with Crippen LogP contribution in [0.25, 0.3) is 22.5 Å². The van der Waals surface area contributed by atoms with E-state index in [1.165, 1.54) is 0 Å². The highest BCUT2D eigenvalue weighted by Gasteiger charge is 2.26. The fourth-order valence-corrected chi connectivity index (χ4v) is 2.71. The zero-order chi connectivity index (χ0) is 19.9. The van der Waals surface area contributed by atoms with Gasteiger partial charge in [0.05, 0.1) is 13.2 Å². The molecule has 3 aromatic rings. The lowest BCUT2D eigenvalue weighted by Gasteiger charge is -2.14. The van der Waals surface area contributed by atoms with Crippen molar-refractivity contribution in [3.05, 3.63) is 72.1 Å². The number of esters is 2. The molecule has 0 saturated heterocycles. The van der Waals surface area contributed by atoms with Gasteiger partial charge in [0.25, 0.3) is 0 Å². The Bertz CT molecular complexity index is 891. The van der Waals surface area contributed by atoms with E-state index < -0.39 is 11.9 Å². The summed E-state index contributed by atoms with van der Waals surface area (Å²) in [6.45, 7) is 3.85. The molecule has 1 aromatic heterocycles. The summed E-state index contributed by atoms with van der Waals surface area (Å²) in [5, 5.41) is 0. The fourth-order valence-electron chi connectivity index (χ4n) is 2.71. The summed E-state index contributed by atoms with van der Waals surface area (Å²) in [6, 6.07) is 18.2.